The first-order valence-electron chi connectivity index (χ1n) is 20.0. The van der Waals surface area contributed by atoms with Gasteiger partial charge in [0.25, 0.3) is 0 Å². The zero-order valence-corrected chi connectivity index (χ0v) is 33.5. The Morgan fingerprint density at radius 3 is 1.15 bits per heavy atom. The Morgan fingerprint density at radius 1 is 0.283 bits per heavy atom. The molecule has 0 amide bonds. The summed E-state index contributed by atoms with van der Waals surface area (Å²) in [6, 6.07) is 78.3. The van der Waals surface area contributed by atoms with Crippen LogP contribution in [0.3, 0.4) is 0 Å². The van der Waals surface area contributed by atoms with Gasteiger partial charge in [0.15, 0.2) is 24.6 Å². The molecule has 0 radical (unpaired) electrons. The highest BCUT2D eigenvalue weighted by atomic mass is 31.2. The van der Waals surface area contributed by atoms with Crippen LogP contribution in [-0.2, 0) is 4.57 Å². The molecule has 10 rings (SSSR count). The summed E-state index contributed by atoms with van der Waals surface area (Å²) in [5.41, 5.74) is 9.60. The van der Waals surface area contributed by atoms with Crippen LogP contribution in [0.25, 0.3) is 78.3 Å². The van der Waals surface area contributed by atoms with Crippen LogP contribution in [0.5, 0.6) is 0 Å². The third kappa shape index (κ3) is 7.15. The summed E-state index contributed by atoms with van der Waals surface area (Å²) in [5, 5.41) is 4.85. The number of hydrogen-bond donors (Lipinski definition) is 0. The van der Waals surface area contributed by atoms with Crippen molar-refractivity contribution in [1.82, 2.24) is 15.0 Å². The van der Waals surface area contributed by atoms with E-state index in [4.69, 9.17) is 15.0 Å². The molecule has 0 aliphatic carbocycles. The topological polar surface area (TPSA) is 55.7 Å². The molecule has 10 aromatic rings. The monoisotopic (exact) mass is 787 g/mol. The van der Waals surface area contributed by atoms with Gasteiger partial charge in [-0.1, -0.05) is 224 Å². The van der Waals surface area contributed by atoms with Crippen LogP contribution in [0.4, 0.5) is 0 Å². The maximum absolute atomic E-state index is 14.8. The van der Waals surface area contributed by atoms with Crippen molar-refractivity contribution in [1.29, 1.82) is 0 Å². The lowest BCUT2D eigenvalue weighted by Crippen LogP contribution is -2.24. The van der Waals surface area contributed by atoms with Gasteiger partial charge in [-0.25, -0.2) is 15.0 Å². The molecule has 0 saturated heterocycles. The molecule has 0 unspecified atom stereocenters. The zero-order valence-electron chi connectivity index (χ0n) is 32.6. The molecule has 0 aliphatic rings. The highest BCUT2D eigenvalue weighted by molar-refractivity contribution is 7.85. The first-order chi connectivity index (χ1) is 29.6. The van der Waals surface area contributed by atoms with Gasteiger partial charge in [0.05, 0.1) is 0 Å². The molecule has 0 aliphatic heterocycles. The molecule has 4 nitrogen and oxygen atoms in total. The minimum absolute atomic E-state index is 0.636. The van der Waals surface area contributed by atoms with Crippen LogP contribution in [0.1, 0.15) is 0 Å². The third-order valence-electron chi connectivity index (χ3n) is 11.1. The highest BCUT2D eigenvalue weighted by Gasteiger charge is 2.29. The van der Waals surface area contributed by atoms with E-state index in [1.165, 1.54) is 16.3 Å². The zero-order chi connectivity index (χ0) is 40.3. The molecule has 0 fully saturated rings. The first-order valence-corrected chi connectivity index (χ1v) is 21.7. The molecule has 9 aromatic carbocycles. The predicted octanol–water partition coefficient (Wildman–Crippen LogP) is 12.7. The van der Waals surface area contributed by atoms with E-state index in [1.54, 1.807) is 0 Å². The van der Waals surface area contributed by atoms with E-state index in [-0.39, 0.29) is 0 Å². The molecule has 1 aromatic heterocycles. The fraction of sp³-hybridized carbons (Fsp3) is 0. The summed E-state index contributed by atoms with van der Waals surface area (Å²) in [5.74, 6) is 1.93. The minimum Gasteiger partial charge on any atom is -0.309 e. The van der Waals surface area contributed by atoms with Crippen molar-refractivity contribution in [3.63, 3.8) is 0 Å². The van der Waals surface area contributed by atoms with E-state index in [0.717, 1.165) is 60.4 Å². The molecule has 0 saturated carbocycles. The van der Waals surface area contributed by atoms with E-state index in [1.807, 2.05) is 133 Å². The molecule has 60 heavy (non-hydrogen) atoms. The predicted molar refractivity (Wildman–Crippen MR) is 249 cm³/mol. The minimum atomic E-state index is -3.02. The van der Waals surface area contributed by atoms with Crippen LogP contribution in [0.15, 0.2) is 231 Å². The van der Waals surface area contributed by atoms with Gasteiger partial charge in [0.2, 0.25) is 0 Å². The van der Waals surface area contributed by atoms with Crippen LogP contribution < -0.4 is 15.9 Å². The van der Waals surface area contributed by atoms with E-state index >= 15 is 0 Å². The standard InChI is InChI=1S/C55H38N3OP/c59-60(48-19-9-3-10-20-48,49-21-11-4-12-22-49)50-35-32-40(33-36-50)39-24-26-41(27-25-39)46-34-37-52-47(38-46)18-13-23-51(52)42-28-30-45(31-29-42)55-57-53(43-14-5-1-6-15-43)56-54(58-55)44-16-7-2-8-17-44/h1-38H. The lowest BCUT2D eigenvalue weighted by Gasteiger charge is -2.20. The summed E-state index contributed by atoms with van der Waals surface area (Å²) in [7, 11) is -3.02. The maximum Gasteiger partial charge on any atom is 0.171 e. The molecular weight excluding hydrogens is 750 g/mol. The Kier molecular flexibility index (Phi) is 9.83. The van der Waals surface area contributed by atoms with Crippen molar-refractivity contribution < 1.29 is 4.57 Å². The molecule has 284 valence electrons. The summed E-state index contributed by atoms with van der Waals surface area (Å²) >= 11 is 0. The Balaban J connectivity index is 0.909. The third-order valence-corrected chi connectivity index (χ3v) is 14.1. The number of rotatable bonds is 9. The summed E-state index contributed by atoms with van der Waals surface area (Å²) < 4.78 is 14.8. The van der Waals surface area contributed by atoms with Gasteiger partial charge in [0, 0.05) is 32.6 Å². The van der Waals surface area contributed by atoms with Gasteiger partial charge < -0.3 is 4.57 Å². The Bertz CT molecular complexity index is 3020. The second-order valence-electron chi connectivity index (χ2n) is 14.8. The van der Waals surface area contributed by atoms with Gasteiger partial charge in [-0.2, -0.15) is 0 Å². The number of hydrogen-bond acceptors (Lipinski definition) is 4. The molecule has 5 heteroatoms. The normalized spacial score (nSPS) is 11.4. The number of aromatic nitrogens is 3. The second-order valence-corrected chi connectivity index (χ2v) is 17.5. The molecular formula is C55H38N3OP. The van der Waals surface area contributed by atoms with Crippen LogP contribution in [0.2, 0.25) is 0 Å². The van der Waals surface area contributed by atoms with Gasteiger partial charge in [-0.3, -0.25) is 0 Å². The van der Waals surface area contributed by atoms with Crippen LogP contribution in [0, 0.1) is 0 Å². The summed E-state index contributed by atoms with van der Waals surface area (Å²) in [6.07, 6.45) is 0. The van der Waals surface area contributed by atoms with Gasteiger partial charge in [0.1, 0.15) is 0 Å². The van der Waals surface area contributed by atoms with E-state index in [2.05, 4.69) is 97.1 Å². The van der Waals surface area contributed by atoms with E-state index < -0.39 is 7.14 Å². The van der Waals surface area contributed by atoms with Crippen LogP contribution in [-0.4, -0.2) is 15.0 Å². The lowest BCUT2D eigenvalue weighted by molar-refractivity contribution is 0.592. The number of benzene rings is 9. The number of nitrogens with zero attached hydrogens (tertiary/aromatic N) is 3. The fourth-order valence-electron chi connectivity index (χ4n) is 7.89. The Morgan fingerprint density at radius 2 is 0.650 bits per heavy atom. The smallest absolute Gasteiger partial charge is 0.171 e. The maximum atomic E-state index is 14.8. The Hall–Kier alpha value is -7.52. The van der Waals surface area contributed by atoms with E-state index in [9.17, 15) is 4.57 Å². The van der Waals surface area contributed by atoms with E-state index in [0.29, 0.717) is 17.5 Å². The lowest BCUT2D eigenvalue weighted by atomic mass is 9.94. The van der Waals surface area contributed by atoms with Crippen molar-refractivity contribution in [2.24, 2.45) is 0 Å². The van der Waals surface area contributed by atoms with Gasteiger partial charge in [-0.05, 0) is 50.2 Å². The SMILES string of the molecule is O=P(c1ccccc1)(c1ccccc1)c1ccc(-c2ccc(-c3ccc4c(-c5ccc(-c6nc(-c7ccccc7)nc(-c7ccccc7)n6)cc5)cccc4c3)cc2)cc1. The van der Waals surface area contributed by atoms with Crippen molar-refractivity contribution in [2.75, 3.05) is 0 Å². The fourth-order valence-corrected chi connectivity index (χ4v) is 10.5. The number of fused-ring (bicyclic) bond motifs is 1. The van der Waals surface area contributed by atoms with Crippen molar-refractivity contribution in [3.8, 4) is 67.5 Å². The van der Waals surface area contributed by atoms with Gasteiger partial charge in [-0.15, -0.1) is 0 Å². The highest BCUT2D eigenvalue weighted by Crippen LogP contribution is 2.43. The Labute approximate surface area is 350 Å². The molecule has 0 bridgehead atoms. The quantitative estimate of drug-likeness (QED) is 0.137. The molecule has 0 spiro atoms. The first kappa shape index (κ1) is 36.8. The molecule has 0 atom stereocenters. The summed E-state index contributed by atoms with van der Waals surface area (Å²) in [6.45, 7) is 0. The van der Waals surface area contributed by atoms with Gasteiger partial charge >= 0.3 is 0 Å². The average Bonchev–Trinajstić information content (AvgIpc) is 3.34. The van der Waals surface area contributed by atoms with Crippen molar-refractivity contribution in [3.05, 3.63) is 231 Å². The molecule has 1 heterocycles. The largest absolute Gasteiger partial charge is 0.309 e. The average molecular weight is 788 g/mol. The van der Waals surface area contributed by atoms with Crippen molar-refractivity contribution in [2.45, 2.75) is 0 Å². The second kappa shape index (κ2) is 16.0. The summed E-state index contributed by atoms with van der Waals surface area (Å²) in [4.78, 5) is 14.7. The van der Waals surface area contributed by atoms with Crippen molar-refractivity contribution >= 4 is 33.8 Å². The van der Waals surface area contributed by atoms with Crippen LogP contribution >= 0.6 is 7.14 Å². The molecule has 0 N–H and O–H groups in total.